The quantitative estimate of drug-likeness (QED) is 0.0973. The standard InChI is InChI=1S/C29H35N7O6S2/c1-3-42-26(38)15-34-25(37)13-21-16-36(9-8-32-21,29(39)28-35-23-10-17(2)33-14-24(23)43-28)44(40,41)22-7-6-18-11-20(27(30)31)5-4-19(18)12-22/h4-7,11-12,17,21,32-33H,3,8-10,13-16H2,1-2H3,(H3-,30,31,34,37)/p+1. The lowest BCUT2D eigenvalue weighted by Crippen LogP contribution is -2.67. The molecule has 234 valence electrons. The second-order valence-electron chi connectivity index (χ2n) is 11.0. The lowest BCUT2D eigenvalue weighted by atomic mass is 10.1. The van der Waals surface area contributed by atoms with Crippen molar-refractivity contribution in [3.63, 3.8) is 0 Å². The number of nitrogens with two attached hydrogens (primary N) is 1. The largest absolute Gasteiger partial charge is 0.465 e. The number of hydrogen-bond donors (Lipinski definition) is 5. The molecule has 0 saturated carbocycles. The molecule has 2 aliphatic heterocycles. The Morgan fingerprint density at radius 3 is 2.68 bits per heavy atom. The van der Waals surface area contributed by atoms with Gasteiger partial charge in [0.1, 0.15) is 30.4 Å². The first-order valence-electron chi connectivity index (χ1n) is 14.4. The summed E-state index contributed by atoms with van der Waals surface area (Å²) in [6, 6.07) is 9.13. The second-order valence-corrected chi connectivity index (χ2v) is 14.2. The van der Waals surface area contributed by atoms with Crippen molar-refractivity contribution in [3.05, 3.63) is 57.5 Å². The predicted octanol–water partition coefficient (Wildman–Crippen LogP) is 1.00. The number of piperazine rings is 1. The van der Waals surface area contributed by atoms with Crippen LogP contribution in [0.4, 0.5) is 0 Å². The fourth-order valence-corrected chi connectivity index (χ4v) is 8.66. The second kappa shape index (κ2) is 12.7. The number of hydrogen-bond acceptors (Lipinski definition) is 11. The van der Waals surface area contributed by atoms with Crippen molar-refractivity contribution in [3.8, 4) is 0 Å². The van der Waals surface area contributed by atoms with Crippen molar-refractivity contribution in [1.82, 2.24) is 20.9 Å². The van der Waals surface area contributed by atoms with Crippen LogP contribution < -0.4 is 21.7 Å². The van der Waals surface area contributed by atoms with Gasteiger partial charge in [-0.25, -0.2) is 9.78 Å². The summed E-state index contributed by atoms with van der Waals surface area (Å²) < 4.78 is 33.2. The average molecular weight is 643 g/mol. The van der Waals surface area contributed by atoms with E-state index in [1.54, 1.807) is 31.2 Å². The number of rotatable bonds is 9. The van der Waals surface area contributed by atoms with Gasteiger partial charge in [0, 0.05) is 42.4 Å². The lowest BCUT2D eigenvalue weighted by Gasteiger charge is -2.40. The van der Waals surface area contributed by atoms with Crippen molar-refractivity contribution in [2.45, 2.75) is 50.2 Å². The SMILES string of the molecule is CCOC(=O)CNC(=O)CC1C[N+](C(=O)c2nc3c(s2)CNC(C)C3)(S(=O)(=O)c2ccc3cc(C(=N)N)ccc3c2)CCN1. The van der Waals surface area contributed by atoms with Gasteiger partial charge in [-0.3, -0.25) is 15.0 Å². The Morgan fingerprint density at radius 2 is 1.93 bits per heavy atom. The van der Waals surface area contributed by atoms with Crippen LogP contribution in [0.15, 0.2) is 41.3 Å². The molecule has 3 atom stereocenters. The molecule has 3 aromatic rings. The van der Waals surface area contributed by atoms with Crippen LogP contribution in [0.1, 0.15) is 46.2 Å². The third-order valence-electron chi connectivity index (χ3n) is 7.91. The van der Waals surface area contributed by atoms with Gasteiger partial charge < -0.3 is 26.4 Å². The van der Waals surface area contributed by atoms with E-state index in [2.05, 4.69) is 20.9 Å². The minimum Gasteiger partial charge on any atom is -0.465 e. The lowest BCUT2D eigenvalue weighted by molar-refractivity contribution is -0.727. The Labute approximate surface area is 259 Å². The summed E-state index contributed by atoms with van der Waals surface area (Å²) in [6.07, 6.45) is 0.479. The number of carbonyl (C=O) groups is 3. The first-order valence-corrected chi connectivity index (χ1v) is 16.6. The van der Waals surface area contributed by atoms with E-state index in [0.29, 0.717) is 29.3 Å². The molecule has 2 aromatic carbocycles. The first-order chi connectivity index (χ1) is 20.9. The van der Waals surface area contributed by atoms with E-state index >= 15 is 0 Å². The fraction of sp³-hybridized carbons (Fsp3) is 0.414. The van der Waals surface area contributed by atoms with Crippen LogP contribution in [0.25, 0.3) is 10.8 Å². The molecule has 3 heterocycles. The Hall–Kier alpha value is -3.76. The van der Waals surface area contributed by atoms with E-state index in [1.807, 2.05) is 6.92 Å². The number of nitrogen functional groups attached to an aromatic ring is 1. The summed E-state index contributed by atoms with van der Waals surface area (Å²) in [5, 5.41) is 18.2. The van der Waals surface area contributed by atoms with Crippen molar-refractivity contribution in [2.24, 2.45) is 5.73 Å². The molecule has 0 bridgehead atoms. The van der Waals surface area contributed by atoms with Gasteiger partial charge in [0.2, 0.25) is 10.9 Å². The Morgan fingerprint density at radius 1 is 1.18 bits per heavy atom. The highest BCUT2D eigenvalue weighted by Crippen LogP contribution is 2.34. The molecule has 5 rings (SSSR count). The van der Waals surface area contributed by atoms with Crippen LogP contribution in [0, 0.1) is 5.41 Å². The molecule has 3 unspecified atom stereocenters. The third kappa shape index (κ3) is 6.23. The molecule has 6 N–H and O–H groups in total. The number of thiazole rings is 1. The van der Waals surface area contributed by atoms with Crippen molar-refractivity contribution < 1.29 is 31.4 Å². The average Bonchev–Trinajstić information content (AvgIpc) is 3.42. The number of quaternary nitrogens is 1. The summed E-state index contributed by atoms with van der Waals surface area (Å²) >= 11 is 1.20. The molecule has 1 aromatic heterocycles. The van der Waals surface area contributed by atoms with Gasteiger partial charge in [-0.1, -0.05) is 18.2 Å². The van der Waals surface area contributed by atoms with Crippen molar-refractivity contribution in [2.75, 3.05) is 32.8 Å². The molecule has 1 fully saturated rings. The van der Waals surface area contributed by atoms with Crippen LogP contribution in [-0.4, -0.2) is 85.8 Å². The zero-order valence-corrected chi connectivity index (χ0v) is 26.1. The summed E-state index contributed by atoms with van der Waals surface area (Å²) in [7, 11) is -4.38. The number of nitrogens with zero attached hydrogens (tertiary/aromatic N) is 2. The highest BCUT2D eigenvalue weighted by atomic mass is 32.2. The zero-order chi connectivity index (χ0) is 31.6. The van der Waals surface area contributed by atoms with Crippen LogP contribution in [0.3, 0.4) is 0 Å². The first kappa shape index (κ1) is 31.7. The molecule has 0 aliphatic carbocycles. The van der Waals surface area contributed by atoms with E-state index in [9.17, 15) is 22.8 Å². The highest BCUT2D eigenvalue weighted by molar-refractivity contribution is 7.86. The third-order valence-corrected chi connectivity index (χ3v) is 11.3. The molecule has 44 heavy (non-hydrogen) atoms. The smallest absolute Gasteiger partial charge is 0.390 e. The minimum absolute atomic E-state index is 0.0436. The normalized spacial score (nSPS) is 21.8. The molecule has 2 aliphatic rings. The number of fused-ring (bicyclic) bond motifs is 2. The Kier molecular flexibility index (Phi) is 9.13. The number of ether oxygens (including phenoxy) is 1. The number of esters is 1. The van der Waals surface area contributed by atoms with Gasteiger partial charge >= 0.3 is 21.9 Å². The maximum Gasteiger partial charge on any atom is 0.390 e. The van der Waals surface area contributed by atoms with E-state index < -0.39 is 37.7 Å². The van der Waals surface area contributed by atoms with Crippen LogP contribution in [-0.2, 0) is 37.3 Å². The molecule has 0 spiro atoms. The summed E-state index contributed by atoms with van der Waals surface area (Å²) in [4.78, 5) is 44.4. The number of benzene rings is 2. The van der Waals surface area contributed by atoms with Gasteiger partial charge in [0.15, 0.2) is 0 Å². The number of carbonyl (C=O) groups excluding carboxylic acids is 3. The zero-order valence-electron chi connectivity index (χ0n) is 24.5. The number of sulfonamides is 1. The summed E-state index contributed by atoms with van der Waals surface area (Å²) in [5.41, 5.74) is 6.92. The van der Waals surface area contributed by atoms with Crippen LogP contribution >= 0.6 is 11.3 Å². The molecule has 1 saturated heterocycles. The highest BCUT2D eigenvalue weighted by Gasteiger charge is 2.55. The number of amidine groups is 1. The minimum atomic E-state index is -4.38. The van der Waals surface area contributed by atoms with E-state index in [1.165, 1.54) is 23.5 Å². The number of amides is 2. The molecule has 0 radical (unpaired) electrons. The molecule has 15 heteroatoms. The summed E-state index contributed by atoms with van der Waals surface area (Å²) in [5.74, 6) is -1.80. The van der Waals surface area contributed by atoms with Gasteiger partial charge in [-0.05, 0) is 42.8 Å². The van der Waals surface area contributed by atoms with Crippen LogP contribution in [0.5, 0.6) is 0 Å². The van der Waals surface area contributed by atoms with Gasteiger partial charge in [-0.2, -0.15) is 8.42 Å². The van der Waals surface area contributed by atoms with E-state index in [0.717, 1.165) is 10.6 Å². The van der Waals surface area contributed by atoms with Gasteiger partial charge in [-0.15, -0.1) is 15.2 Å². The van der Waals surface area contributed by atoms with Gasteiger partial charge in [0.25, 0.3) is 0 Å². The number of aromatic nitrogens is 1. The summed E-state index contributed by atoms with van der Waals surface area (Å²) in [6.45, 7) is 3.98. The van der Waals surface area contributed by atoms with E-state index in [-0.39, 0.29) is 61.0 Å². The Balaban J connectivity index is 1.51. The van der Waals surface area contributed by atoms with Crippen LogP contribution in [0.2, 0.25) is 0 Å². The fourth-order valence-electron chi connectivity index (χ4n) is 5.62. The number of nitrogens with one attached hydrogen (secondary N) is 4. The maximum atomic E-state index is 14.6. The van der Waals surface area contributed by atoms with Crippen molar-refractivity contribution in [1.29, 1.82) is 5.41 Å². The molecule has 2 amide bonds. The van der Waals surface area contributed by atoms with Crippen molar-refractivity contribution >= 4 is 55.8 Å². The topological polar surface area (TPSA) is 193 Å². The van der Waals surface area contributed by atoms with E-state index in [4.69, 9.17) is 15.9 Å². The monoisotopic (exact) mass is 642 g/mol. The Bertz CT molecular complexity index is 1740. The van der Waals surface area contributed by atoms with Gasteiger partial charge in [0.05, 0.1) is 18.3 Å². The molecular weight excluding hydrogens is 606 g/mol. The molecule has 13 nitrogen and oxygen atoms in total. The maximum absolute atomic E-state index is 14.6. The molecular formula is C29H36N7O6S2+. The predicted molar refractivity (Wildman–Crippen MR) is 165 cm³/mol.